The Morgan fingerprint density at radius 1 is 0.875 bits per heavy atom. The minimum absolute atomic E-state index is 0.180. The summed E-state index contributed by atoms with van der Waals surface area (Å²) in [7, 11) is 6.07. The Morgan fingerprint density at radius 2 is 1.59 bits per heavy atom. The molecule has 0 fully saturated rings. The number of rotatable bonds is 6. The number of hydrogen-bond donors (Lipinski definition) is 0. The predicted molar refractivity (Wildman–Crippen MR) is 123 cm³/mol. The molecule has 0 saturated heterocycles. The van der Waals surface area contributed by atoms with E-state index in [1.165, 1.54) is 21.3 Å². The van der Waals surface area contributed by atoms with Crippen LogP contribution in [0.1, 0.15) is 26.6 Å². The number of thiophene rings is 1. The fourth-order valence-corrected chi connectivity index (χ4v) is 3.85. The molecule has 0 aliphatic carbocycles. The van der Waals surface area contributed by atoms with Gasteiger partial charge in [-0.25, -0.2) is 0 Å². The first-order valence-electron chi connectivity index (χ1n) is 9.59. The maximum atomic E-state index is 13.2. The number of carbonyl (C=O) groups is 1. The normalized spacial score (nSPS) is 10.4. The number of carbonyl (C=O) groups excluding carboxylic acids is 1. The van der Waals surface area contributed by atoms with Gasteiger partial charge in [-0.2, -0.15) is 0 Å². The van der Waals surface area contributed by atoms with Crippen molar-refractivity contribution in [3.8, 4) is 34.8 Å². The highest BCUT2D eigenvalue weighted by Crippen LogP contribution is 2.39. The standard InChI is InChI=1S/C25H20O6S/c1-27-19-14-20-16(10-15(19)7-8-18-6-5-9-32-18)11-21(31-20)24(26)17-12-22(28-2)25(30-4)23(13-17)29-3/h5-6,9-14H,1-4H3. The first-order chi connectivity index (χ1) is 15.6. The van der Waals surface area contributed by atoms with Gasteiger partial charge in [-0.15, -0.1) is 11.3 Å². The van der Waals surface area contributed by atoms with E-state index in [2.05, 4.69) is 11.8 Å². The van der Waals surface area contributed by atoms with Crippen molar-refractivity contribution in [1.29, 1.82) is 0 Å². The van der Waals surface area contributed by atoms with Gasteiger partial charge < -0.3 is 23.4 Å². The molecular formula is C25H20O6S. The van der Waals surface area contributed by atoms with Crippen LogP contribution in [0, 0.1) is 11.8 Å². The molecular weight excluding hydrogens is 428 g/mol. The quantitative estimate of drug-likeness (QED) is 0.300. The van der Waals surface area contributed by atoms with Crippen LogP contribution in [0.2, 0.25) is 0 Å². The molecule has 0 bridgehead atoms. The molecule has 0 atom stereocenters. The fraction of sp³-hybridized carbons (Fsp3) is 0.160. The van der Waals surface area contributed by atoms with Crippen LogP contribution in [0.4, 0.5) is 0 Å². The number of ketones is 1. The van der Waals surface area contributed by atoms with Gasteiger partial charge in [0, 0.05) is 17.0 Å². The number of benzene rings is 2. The first-order valence-corrected chi connectivity index (χ1v) is 10.5. The third-order valence-corrected chi connectivity index (χ3v) is 5.62. The Kier molecular flexibility index (Phi) is 6.06. The van der Waals surface area contributed by atoms with Crippen LogP contribution in [0.15, 0.2) is 52.3 Å². The molecule has 0 amide bonds. The second-order valence-corrected chi connectivity index (χ2v) is 7.62. The van der Waals surface area contributed by atoms with Crippen LogP contribution in [0.25, 0.3) is 11.0 Å². The number of ether oxygens (including phenoxy) is 4. The molecule has 4 aromatic rings. The smallest absolute Gasteiger partial charge is 0.228 e. The summed E-state index contributed by atoms with van der Waals surface area (Å²) in [4.78, 5) is 14.1. The van der Waals surface area contributed by atoms with Gasteiger partial charge in [-0.05, 0) is 35.7 Å². The zero-order valence-corrected chi connectivity index (χ0v) is 18.8. The van der Waals surface area contributed by atoms with Crippen LogP contribution >= 0.6 is 11.3 Å². The van der Waals surface area contributed by atoms with Crippen molar-refractivity contribution in [2.75, 3.05) is 28.4 Å². The lowest BCUT2D eigenvalue weighted by molar-refractivity contribution is 0.101. The summed E-state index contributed by atoms with van der Waals surface area (Å²) in [5.41, 5.74) is 1.59. The monoisotopic (exact) mass is 448 g/mol. The molecule has 7 heteroatoms. The molecule has 0 unspecified atom stereocenters. The van der Waals surface area contributed by atoms with E-state index in [1.54, 1.807) is 42.7 Å². The van der Waals surface area contributed by atoms with Gasteiger partial charge >= 0.3 is 0 Å². The van der Waals surface area contributed by atoms with Crippen molar-refractivity contribution in [2.45, 2.75) is 0 Å². The number of fused-ring (bicyclic) bond motifs is 1. The molecule has 0 aliphatic rings. The van der Waals surface area contributed by atoms with Gasteiger partial charge in [-0.3, -0.25) is 4.79 Å². The number of furan rings is 1. The summed E-state index contributed by atoms with van der Waals surface area (Å²) in [6.45, 7) is 0. The maximum absolute atomic E-state index is 13.2. The highest BCUT2D eigenvalue weighted by molar-refractivity contribution is 7.10. The van der Waals surface area contributed by atoms with E-state index in [4.69, 9.17) is 23.4 Å². The Balaban J connectivity index is 1.75. The van der Waals surface area contributed by atoms with Gasteiger partial charge in [0.2, 0.25) is 11.5 Å². The van der Waals surface area contributed by atoms with E-state index >= 15 is 0 Å². The summed E-state index contributed by atoms with van der Waals surface area (Å²) in [5, 5.41) is 2.72. The van der Waals surface area contributed by atoms with Gasteiger partial charge in [0.1, 0.15) is 11.3 Å². The van der Waals surface area contributed by atoms with Crippen LogP contribution in [-0.2, 0) is 0 Å². The van der Waals surface area contributed by atoms with Gasteiger partial charge in [-0.1, -0.05) is 17.9 Å². The number of methoxy groups -OCH3 is 4. The summed E-state index contributed by atoms with van der Waals surface area (Å²) in [5.74, 6) is 7.88. The zero-order chi connectivity index (χ0) is 22.7. The largest absolute Gasteiger partial charge is 0.495 e. The molecule has 0 saturated carbocycles. The van der Waals surface area contributed by atoms with Crippen molar-refractivity contribution in [1.82, 2.24) is 0 Å². The third kappa shape index (κ3) is 4.01. The third-order valence-electron chi connectivity index (χ3n) is 4.83. The minimum Gasteiger partial charge on any atom is -0.495 e. The molecule has 2 aromatic heterocycles. The van der Waals surface area contributed by atoms with Crippen LogP contribution in [0.3, 0.4) is 0 Å². The van der Waals surface area contributed by atoms with Crippen LogP contribution in [-0.4, -0.2) is 34.2 Å². The summed E-state index contributed by atoms with van der Waals surface area (Å²) in [6.07, 6.45) is 0. The van der Waals surface area contributed by atoms with E-state index in [0.29, 0.717) is 39.7 Å². The van der Waals surface area contributed by atoms with Crippen molar-refractivity contribution in [2.24, 2.45) is 0 Å². The SMILES string of the molecule is COc1cc2oc(C(=O)c3cc(OC)c(OC)c(OC)c3)cc2cc1C#Cc1cccs1. The van der Waals surface area contributed by atoms with Gasteiger partial charge in [0.05, 0.1) is 38.9 Å². The number of hydrogen-bond acceptors (Lipinski definition) is 7. The Labute approximate surface area is 189 Å². The molecule has 0 aliphatic heterocycles. The van der Waals surface area contributed by atoms with Crippen LogP contribution < -0.4 is 18.9 Å². The summed E-state index contributed by atoms with van der Waals surface area (Å²) >= 11 is 1.57. The Morgan fingerprint density at radius 3 is 2.19 bits per heavy atom. The lowest BCUT2D eigenvalue weighted by atomic mass is 10.1. The average molecular weight is 448 g/mol. The van der Waals surface area contributed by atoms with E-state index in [9.17, 15) is 4.79 Å². The predicted octanol–water partition coefficient (Wildman–Crippen LogP) is 5.16. The van der Waals surface area contributed by atoms with Crippen molar-refractivity contribution in [3.63, 3.8) is 0 Å². The second kappa shape index (κ2) is 9.08. The van der Waals surface area contributed by atoms with E-state index < -0.39 is 0 Å². The van der Waals surface area contributed by atoms with Gasteiger partial charge in [0.15, 0.2) is 17.3 Å². The maximum Gasteiger partial charge on any atom is 0.228 e. The molecule has 162 valence electrons. The van der Waals surface area contributed by atoms with E-state index in [-0.39, 0.29) is 11.5 Å². The molecule has 4 rings (SSSR count). The van der Waals surface area contributed by atoms with Crippen molar-refractivity contribution < 1.29 is 28.2 Å². The Bertz CT molecular complexity index is 1310. The highest BCUT2D eigenvalue weighted by Gasteiger charge is 2.21. The molecule has 6 nitrogen and oxygen atoms in total. The topological polar surface area (TPSA) is 67.1 Å². The molecule has 2 heterocycles. The molecule has 0 N–H and O–H groups in total. The summed E-state index contributed by atoms with van der Waals surface area (Å²) in [6, 6.07) is 12.4. The second-order valence-electron chi connectivity index (χ2n) is 6.67. The molecule has 2 aromatic carbocycles. The molecule has 32 heavy (non-hydrogen) atoms. The zero-order valence-electron chi connectivity index (χ0n) is 18.0. The van der Waals surface area contributed by atoms with E-state index in [1.807, 2.05) is 23.6 Å². The van der Waals surface area contributed by atoms with Crippen molar-refractivity contribution in [3.05, 3.63) is 69.6 Å². The molecule has 0 spiro atoms. The Hall–Kier alpha value is -3.89. The summed E-state index contributed by atoms with van der Waals surface area (Å²) < 4.78 is 27.3. The lowest BCUT2D eigenvalue weighted by Crippen LogP contribution is -2.03. The van der Waals surface area contributed by atoms with Gasteiger partial charge in [0.25, 0.3) is 0 Å². The first kappa shape index (κ1) is 21.3. The van der Waals surface area contributed by atoms with E-state index in [0.717, 1.165) is 10.3 Å². The minimum atomic E-state index is -0.314. The van der Waals surface area contributed by atoms with Crippen LogP contribution in [0.5, 0.6) is 23.0 Å². The highest BCUT2D eigenvalue weighted by atomic mass is 32.1. The molecule has 0 radical (unpaired) electrons. The lowest BCUT2D eigenvalue weighted by Gasteiger charge is -2.13. The van der Waals surface area contributed by atoms with Crippen molar-refractivity contribution >= 4 is 28.1 Å². The fourth-order valence-electron chi connectivity index (χ4n) is 3.28. The average Bonchev–Trinajstić information content (AvgIpc) is 3.49.